The summed E-state index contributed by atoms with van der Waals surface area (Å²) < 4.78 is 11.2. The largest absolute Gasteiger partial charge is 0.493 e. The number of likely N-dealkylation sites (N-methyl/N-ethyl adjacent to an activating group) is 1. The van der Waals surface area contributed by atoms with Crippen molar-refractivity contribution in [3.63, 3.8) is 0 Å². The Labute approximate surface area is 213 Å². The van der Waals surface area contributed by atoms with E-state index in [0.717, 1.165) is 62.3 Å². The highest BCUT2D eigenvalue weighted by atomic mass is 16.5. The molecule has 1 amide bonds. The molecule has 1 atom stereocenters. The average molecular weight is 493 g/mol. The molecular formula is C28H36N4O4. The van der Waals surface area contributed by atoms with Crippen molar-refractivity contribution in [2.45, 2.75) is 32.6 Å². The molecule has 1 fully saturated rings. The third-order valence-corrected chi connectivity index (χ3v) is 6.55. The predicted molar refractivity (Wildman–Crippen MR) is 141 cm³/mol. The van der Waals surface area contributed by atoms with E-state index in [-0.39, 0.29) is 17.8 Å². The van der Waals surface area contributed by atoms with Gasteiger partial charge in [-0.1, -0.05) is 31.5 Å². The van der Waals surface area contributed by atoms with E-state index in [4.69, 9.17) is 9.47 Å². The van der Waals surface area contributed by atoms with Crippen molar-refractivity contribution in [3.8, 4) is 5.75 Å². The van der Waals surface area contributed by atoms with Gasteiger partial charge in [0, 0.05) is 49.4 Å². The Morgan fingerprint density at radius 1 is 1.14 bits per heavy atom. The molecule has 0 radical (unpaired) electrons. The van der Waals surface area contributed by atoms with Crippen LogP contribution in [0.2, 0.25) is 0 Å². The molecule has 2 aromatic carbocycles. The van der Waals surface area contributed by atoms with Crippen LogP contribution in [-0.2, 0) is 16.0 Å². The molecule has 1 N–H and O–H groups in total. The minimum Gasteiger partial charge on any atom is -0.493 e. The van der Waals surface area contributed by atoms with Crippen molar-refractivity contribution in [1.82, 2.24) is 9.91 Å². The monoisotopic (exact) mass is 492 g/mol. The molecule has 2 aromatic rings. The average Bonchev–Trinajstić information content (AvgIpc) is 2.89. The van der Waals surface area contributed by atoms with Gasteiger partial charge in [-0.05, 0) is 49.2 Å². The number of esters is 1. The van der Waals surface area contributed by atoms with Crippen molar-refractivity contribution < 1.29 is 19.1 Å². The van der Waals surface area contributed by atoms with Crippen LogP contribution in [-0.4, -0.2) is 74.4 Å². The van der Waals surface area contributed by atoms with Crippen molar-refractivity contribution >= 4 is 23.8 Å². The van der Waals surface area contributed by atoms with Crippen LogP contribution in [0.25, 0.3) is 0 Å². The Kier molecular flexibility index (Phi) is 8.95. The highest BCUT2D eigenvalue weighted by Crippen LogP contribution is 2.31. The van der Waals surface area contributed by atoms with Crippen molar-refractivity contribution in [2.75, 3.05) is 51.8 Å². The number of nitrogens with one attached hydrogen (secondary N) is 1. The van der Waals surface area contributed by atoms with Gasteiger partial charge in [0.1, 0.15) is 5.75 Å². The zero-order valence-electron chi connectivity index (χ0n) is 21.2. The first-order chi connectivity index (χ1) is 17.5. The second-order valence-corrected chi connectivity index (χ2v) is 9.56. The Morgan fingerprint density at radius 3 is 2.67 bits per heavy atom. The summed E-state index contributed by atoms with van der Waals surface area (Å²) in [6, 6.07) is 13.1. The second-order valence-electron chi connectivity index (χ2n) is 9.56. The number of hydrogen-bond acceptors (Lipinski definition) is 7. The molecule has 36 heavy (non-hydrogen) atoms. The molecule has 1 saturated heterocycles. The molecular weight excluding hydrogens is 456 g/mol. The predicted octanol–water partition coefficient (Wildman–Crippen LogP) is 3.80. The summed E-state index contributed by atoms with van der Waals surface area (Å²) in [5.74, 6) is 0.506. The summed E-state index contributed by atoms with van der Waals surface area (Å²) in [4.78, 5) is 27.1. The molecule has 8 heteroatoms. The van der Waals surface area contributed by atoms with E-state index in [1.54, 1.807) is 12.1 Å². The number of ether oxygens (including phenoxy) is 2. The van der Waals surface area contributed by atoms with Crippen LogP contribution < -0.4 is 10.1 Å². The van der Waals surface area contributed by atoms with E-state index in [0.29, 0.717) is 30.9 Å². The highest BCUT2D eigenvalue weighted by molar-refractivity contribution is 6.04. The van der Waals surface area contributed by atoms with E-state index in [1.165, 1.54) is 0 Å². The van der Waals surface area contributed by atoms with Crippen LogP contribution in [0.3, 0.4) is 0 Å². The number of unbranched alkanes of at least 4 members (excludes halogenated alkanes) is 1. The van der Waals surface area contributed by atoms with Gasteiger partial charge in [0.2, 0.25) is 0 Å². The Balaban J connectivity index is 1.28. The van der Waals surface area contributed by atoms with Gasteiger partial charge < -0.3 is 19.7 Å². The number of amides is 1. The summed E-state index contributed by atoms with van der Waals surface area (Å²) in [5, 5.41) is 9.57. The van der Waals surface area contributed by atoms with Gasteiger partial charge in [0.05, 0.1) is 25.8 Å². The van der Waals surface area contributed by atoms with Gasteiger partial charge in [-0.15, -0.1) is 0 Å². The number of carbonyl (C=O) groups is 2. The molecule has 8 nitrogen and oxygen atoms in total. The first-order valence-corrected chi connectivity index (χ1v) is 12.8. The summed E-state index contributed by atoms with van der Waals surface area (Å²) in [5.41, 5.74) is 3.25. The second kappa shape index (κ2) is 12.5. The van der Waals surface area contributed by atoms with Crippen LogP contribution in [0.15, 0.2) is 47.6 Å². The first kappa shape index (κ1) is 25.7. The molecule has 0 aromatic heterocycles. The zero-order valence-corrected chi connectivity index (χ0v) is 21.2. The summed E-state index contributed by atoms with van der Waals surface area (Å²) in [6.45, 7) is 6.88. The lowest BCUT2D eigenvalue weighted by molar-refractivity contribution is -0.145. The Morgan fingerprint density at radius 2 is 1.92 bits per heavy atom. The molecule has 192 valence electrons. The SMILES string of the molecule is CCCCOC(=O)CC1COc2cc(NC(=O)c3ccc(/C=N/N4CCN(C)CC4)cc3)ccc2C1. The molecule has 0 aliphatic carbocycles. The van der Waals surface area contributed by atoms with Crippen LogP contribution >= 0.6 is 0 Å². The Bertz CT molecular complexity index is 1060. The molecule has 1 unspecified atom stereocenters. The topological polar surface area (TPSA) is 83.5 Å². The van der Waals surface area contributed by atoms with Crippen molar-refractivity contribution in [2.24, 2.45) is 11.0 Å². The van der Waals surface area contributed by atoms with Crippen molar-refractivity contribution in [1.29, 1.82) is 0 Å². The van der Waals surface area contributed by atoms with E-state index in [9.17, 15) is 9.59 Å². The number of rotatable bonds is 9. The minimum absolute atomic E-state index is 0.102. The van der Waals surface area contributed by atoms with E-state index >= 15 is 0 Å². The number of piperazine rings is 1. The normalized spacial score (nSPS) is 17.9. The van der Waals surface area contributed by atoms with Gasteiger partial charge >= 0.3 is 5.97 Å². The molecule has 0 saturated carbocycles. The maximum atomic E-state index is 12.8. The number of fused-ring (bicyclic) bond motifs is 1. The van der Waals surface area contributed by atoms with Crippen LogP contribution in [0, 0.1) is 5.92 Å². The molecule has 4 rings (SSSR count). The molecule has 0 spiro atoms. The number of hydrazone groups is 1. The zero-order chi connectivity index (χ0) is 25.3. The Hall–Kier alpha value is -3.39. The van der Waals surface area contributed by atoms with Gasteiger partial charge in [-0.2, -0.15) is 5.10 Å². The summed E-state index contributed by atoms with van der Waals surface area (Å²) >= 11 is 0. The first-order valence-electron chi connectivity index (χ1n) is 12.8. The van der Waals surface area contributed by atoms with Crippen LogP contribution in [0.1, 0.15) is 47.7 Å². The van der Waals surface area contributed by atoms with Crippen LogP contribution in [0.4, 0.5) is 5.69 Å². The van der Waals surface area contributed by atoms with E-state index < -0.39 is 0 Å². The molecule has 2 aliphatic rings. The third-order valence-electron chi connectivity index (χ3n) is 6.55. The fourth-order valence-corrected chi connectivity index (χ4v) is 4.25. The fourth-order valence-electron chi connectivity index (χ4n) is 4.25. The fraction of sp³-hybridized carbons (Fsp3) is 0.464. The maximum Gasteiger partial charge on any atom is 0.306 e. The van der Waals surface area contributed by atoms with Crippen molar-refractivity contribution in [3.05, 3.63) is 59.2 Å². The number of hydrogen-bond donors (Lipinski definition) is 1. The molecule has 2 aliphatic heterocycles. The summed E-state index contributed by atoms with van der Waals surface area (Å²) in [6.07, 6.45) is 4.84. The van der Waals surface area contributed by atoms with Gasteiger partial charge in [-0.25, -0.2) is 0 Å². The van der Waals surface area contributed by atoms with Gasteiger partial charge in [0.25, 0.3) is 5.91 Å². The van der Waals surface area contributed by atoms with Gasteiger partial charge in [-0.3, -0.25) is 14.6 Å². The number of nitrogens with zero attached hydrogens (tertiary/aromatic N) is 3. The quantitative estimate of drug-likeness (QED) is 0.326. The van der Waals surface area contributed by atoms with Crippen LogP contribution in [0.5, 0.6) is 5.75 Å². The lowest BCUT2D eigenvalue weighted by Gasteiger charge is -2.30. The number of benzene rings is 2. The lowest BCUT2D eigenvalue weighted by Crippen LogP contribution is -2.41. The molecule has 2 heterocycles. The van der Waals surface area contributed by atoms with E-state index in [2.05, 4.69) is 34.3 Å². The maximum absolute atomic E-state index is 12.8. The van der Waals surface area contributed by atoms with Gasteiger partial charge in [0.15, 0.2) is 0 Å². The number of anilines is 1. The third kappa shape index (κ3) is 7.31. The standard InChI is InChI=1S/C28H36N4O4/c1-3-4-15-35-27(33)17-22-16-24-9-10-25(18-26(24)36-20-22)30-28(34)23-7-5-21(6-8-23)19-29-32-13-11-31(2)12-14-32/h5-10,18-19,22H,3-4,11-17,20H2,1-2H3,(H,30,34)/b29-19+. The number of carbonyl (C=O) groups excluding carboxylic acids is 2. The van der Waals surface area contributed by atoms with E-state index in [1.807, 2.05) is 36.5 Å². The lowest BCUT2D eigenvalue weighted by atomic mass is 9.94. The highest BCUT2D eigenvalue weighted by Gasteiger charge is 2.23. The minimum atomic E-state index is -0.180. The smallest absolute Gasteiger partial charge is 0.306 e. The summed E-state index contributed by atoms with van der Waals surface area (Å²) in [7, 11) is 2.12. The molecule has 0 bridgehead atoms.